The summed E-state index contributed by atoms with van der Waals surface area (Å²) in [5.41, 5.74) is 0.206. The van der Waals surface area contributed by atoms with Crippen LogP contribution in [-0.2, 0) is 9.47 Å². The molecule has 0 saturated carbocycles. The first-order valence-electron chi connectivity index (χ1n) is 10.2. The average Bonchev–Trinajstić information content (AvgIpc) is 3.13. The van der Waals surface area contributed by atoms with Crippen LogP contribution in [0.5, 0.6) is 0 Å². The Kier molecular flexibility index (Phi) is 10.1. The van der Waals surface area contributed by atoms with E-state index in [0.717, 1.165) is 71.5 Å². The van der Waals surface area contributed by atoms with Gasteiger partial charge in [0.25, 0.3) is 0 Å². The molecule has 6 nitrogen and oxygen atoms in total. The molecule has 0 radical (unpaired) electrons. The molecule has 0 aromatic carbocycles. The van der Waals surface area contributed by atoms with Gasteiger partial charge in [0, 0.05) is 45.1 Å². The topological polar surface area (TPSA) is 58.1 Å². The number of thioether (sulfide) groups is 1. The maximum Gasteiger partial charge on any atom is 0.191 e. The van der Waals surface area contributed by atoms with Crippen molar-refractivity contribution in [2.45, 2.75) is 39.2 Å². The Morgan fingerprint density at radius 1 is 1.31 bits per heavy atom. The molecular weight excluding hydrogens is 348 g/mol. The maximum atomic E-state index is 5.65. The summed E-state index contributed by atoms with van der Waals surface area (Å²) in [5.74, 6) is 3.95. The second-order valence-corrected chi connectivity index (χ2v) is 8.68. The van der Waals surface area contributed by atoms with Crippen LogP contribution in [-0.4, -0.2) is 87.1 Å². The summed E-state index contributed by atoms with van der Waals surface area (Å²) in [6.07, 6.45) is 2.23. The first-order valence-corrected chi connectivity index (χ1v) is 11.3. The fraction of sp³-hybridized carbons (Fsp3) is 0.947. The van der Waals surface area contributed by atoms with E-state index in [1.54, 1.807) is 0 Å². The van der Waals surface area contributed by atoms with Gasteiger partial charge in [0.15, 0.2) is 5.96 Å². The van der Waals surface area contributed by atoms with Gasteiger partial charge in [-0.05, 0) is 31.4 Å². The summed E-state index contributed by atoms with van der Waals surface area (Å²) in [5, 5.41) is 6.85. The molecule has 2 aliphatic heterocycles. The predicted molar refractivity (Wildman–Crippen MR) is 111 cm³/mol. The smallest absolute Gasteiger partial charge is 0.191 e. The molecular formula is C19H38N4O2S. The van der Waals surface area contributed by atoms with Gasteiger partial charge in [-0.3, -0.25) is 9.89 Å². The Morgan fingerprint density at radius 3 is 2.77 bits per heavy atom. The Bertz CT molecular complexity index is 408. The Hall–Kier alpha value is -0.500. The number of morpholine rings is 1. The van der Waals surface area contributed by atoms with E-state index in [4.69, 9.17) is 14.5 Å². The molecule has 7 heteroatoms. The van der Waals surface area contributed by atoms with Gasteiger partial charge in [0.2, 0.25) is 0 Å². The third-order valence-electron chi connectivity index (χ3n) is 4.85. The third-order valence-corrected chi connectivity index (χ3v) is 6.08. The van der Waals surface area contributed by atoms with E-state index in [-0.39, 0.29) is 5.54 Å². The molecule has 152 valence electrons. The third kappa shape index (κ3) is 7.25. The summed E-state index contributed by atoms with van der Waals surface area (Å²) < 4.78 is 11.2. The molecule has 0 aliphatic carbocycles. The number of guanidine groups is 1. The summed E-state index contributed by atoms with van der Waals surface area (Å²) in [7, 11) is 0. The zero-order valence-corrected chi connectivity index (χ0v) is 17.7. The van der Waals surface area contributed by atoms with Gasteiger partial charge in [0.1, 0.15) is 0 Å². The Morgan fingerprint density at radius 2 is 2.12 bits per heavy atom. The predicted octanol–water partition coefficient (Wildman–Crippen LogP) is 1.81. The van der Waals surface area contributed by atoms with Crippen LogP contribution in [0.25, 0.3) is 0 Å². The van der Waals surface area contributed by atoms with Crippen LogP contribution in [0.15, 0.2) is 4.99 Å². The number of hydrogen-bond donors (Lipinski definition) is 2. The number of nitrogens with one attached hydrogen (secondary N) is 2. The van der Waals surface area contributed by atoms with E-state index in [2.05, 4.69) is 48.1 Å². The molecule has 1 atom stereocenters. The molecule has 2 aliphatic rings. The highest BCUT2D eigenvalue weighted by Crippen LogP contribution is 2.34. The molecule has 0 aromatic heterocycles. The minimum absolute atomic E-state index is 0.206. The van der Waals surface area contributed by atoms with Gasteiger partial charge in [-0.2, -0.15) is 11.8 Å². The van der Waals surface area contributed by atoms with Gasteiger partial charge in [0.05, 0.1) is 25.3 Å². The largest absolute Gasteiger partial charge is 0.381 e. The van der Waals surface area contributed by atoms with Crippen LogP contribution in [0.2, 0.25) is 0 Å². The highest BCUT2D eigenvalue weighted by Gasteiger charge is 2.40. The van der Waals surface area contributed by atoms with Crippen LogP contribution in [0.4, 0.5) is 0 Å². The zero-order valence-electron chi connectivity index (χ0n) is 16.9. The van der Waals surface area contributed by atoms with Gasteiger partial charge >= 0.3 is 0 Å². The van der Waals surface area contributed by atoms with Gasteiger partial charge in [-0.25, -0.2) is 0 Å². The van der Waals surface area contributed by atoms with Gasteiger partial charge < -0.3 is 20.1 Å². The zero-order chi connectivity index (χ0) is 18.7. The van der Waals surface area contributed by atoms with E-state index in [1.807, 2.05) is 0 Å². The number of nitrogens with zero attached hydrogens (tertiary/aromatic N) is 2. The molecule has 0 aromatic rings. The molecule has 2 heterocycles. The Labute approximate surface area is 163 Å². The second-order valence-electron chi connectivity index (χ2n) is 7.57. The summed E-state index contributed by atoms with van der Waals surface area (Å²) in [4.78, 5) is 7.56. The maximum absolute atomic E-state index is 5.65. The normalized spacial score (nSPS) is 25.0. The van der Waals surface area contributed by atoms with E-state index < -0.39 is 0 Å². The summed E-state index contributed by atoms with van der Waals surface area (Å²) >= 11 is 2.06. The SMILES string of the molecule is CCNC(=NCC1(N2CCOCC2)CCSC1)NCCCOCC(C)C. The van der Waals surface area contributed by atoms with Crippen LogP contribution in [0.1, 0.15) is 33.6 Å². The second kappa shape index (κ2) is 12.1. The van der Waals surface area contributed by atoms with Crippen molar-refractivity contribution in [1.29, 1.82) is 0 Å². The van der Waals surface area contributed by atoms with Crippen molar-refractivity contribution in [1.82, 2.24) is 15.5 Å². The molecule has 0 bridgehead atoms. The first-order chi connectivity index (χ1) is 12.7. The standard InChI is InChI=1S/C19H38N4O2S/c1-4-20-18(21-7-5-10-25-14-17(2)3)22-15-19(6-13-26-16-19)23-8-11-24-12-9-23/h17H,4-16H2,1-3H3,(H2,20,21,22). The molecule has 2 saturated heterocycles. The highest BCUT2D eigenvalue weighted by atomic mass is 32.2. The molecule has 1 unspecified atom stereocenters. The van der Waals surface area contributed by atoms with Gasteiger partial charge in [-0.15, -0.1) is 0 Å². The molecule has 2 N–H and O–H groups in total. The fourth-order valence-corrected chi connectivity index (χ4v) is 4.84. The number of rotatable bonds is 10. The summed E-state index contributed by atoms with van der Waals surface area (Å²) in [6.45, 7) is 14.5. The molecule has 2 rings (SSSR count). The lowest BCUT2D eigenvalue weighted by Gasteiger charge is -2.42. The molecule has 0 amide bonds. The molecule has 0 spiro atoms. The first kappa shape index (κ1) is 21.8. The van der Waals surface area contributed by atoms with Crippen LogP contribution in [0, 0.1) is 5.92 Å². The van der Waals surface area contributed by atoms with Crippen LogP contribution >= 0.6 is 11.8 Å². The average molecular weight is 387 g/mol. The van der Waals surface area contributed by atoms with E-state index in [0.29, 0.717) is 5.92 Å². The van der Waals surface area contributed by atoms with Gasteiger partial charge in [-0.1, -0.05) is 13.8 Å². The fourth-order valence-electron chi connectivity index (χ4n) is 3.38. The Balaban J connectivity index is 1.81. The quantitative estimate of drug-likeness (QED) is 0.339. The molecule has 2 fully saturated rings. The number of ether oxygens (including phenoxy) is 2. The lowest BCUT2D eigenvalue weighted by atomic mass is 9.96. The van der Waals surface area contributed by atoms with Crippen molar-refractivity contribution in [3.63, 3.8) is 0 Å². The lowest BCUT2D eigenvalue weighted by molar-refractivity contribution is -0.0104. The highest BCUT2D eigenvalue weighted by molar-refractivity contribution is 7.99. The van der Waals surface area contributed by atoms with Crippen LogP contribution < -0.4 is 10.6 Å². The summed E-state index contributed by atoms with van der Waals surface area (Å²) in [6, 6.07) is 0. The van der Waals surface area contributed by atoms with Crippen molar-refractivity contribution >= 4 is 17.7 Å². The van der Waals surface area contributed by atoms with Crippen molar-refractivity contribution in [2.75, 3.05) is 70.7 Å². The monoisotopic (exact) mass is 386 g/mol. The van der Waals surface area contributed by atoms with Crippen molar-refractivity contribution in [3.05, 3.63) is 0 Å². The minimum atomic E-state index is 0.206. The minimum Gasteiger partial charge on any atom is -0.381 e. The van der Waals surface area contributed by atoms with Crippen molar-refractivity contribution in [2.24, 2.45) is 10.9 Å². The van der Waals surface area contributed by atoms with E-state index >= 15 is 0 Å². The van der Waals surface area contributed by atoms with E-state index in [9.17, 15) is 0 Å². The lowest BCUT2D eigenvalue weighted by Crippen LogP contribution is -2.56. The van der Waals surface area contributed by atoms with Crippen LogP contribution in [0.3, 0.4) is 0 Å². The van der Waals surface area contributed by atoms with Crippen molar-refractivity contribution < 1.29 is 9.47 Å². The number of aliphatic imine (C=N–C) groups is 1. The number of hydrogen-bond acceptors (Lipinski definition) is 5. The van der Waals surface area contributed by atoms with Crippen molar-refractivity contribution in [3.8, 4) is 0 Å². The van der Waals surface area contributed by atoms with E-state index in [1.165, 1.54) is 17.9 Å². The molecule has 26 heavy (non-hydrogen) atoms.